The van der Waals surface area contributed by atoms with Crippen LogP contribution < -0.4 is 14.9 Å². The lowest BCUT2D eigenvalue weighted by atomic mass is 10.1. The maximum Gasteiger partial charge on any atom is 0.258 e. The second-order valence-electron chi connectivity index (χ2n) is 5.98. The molecule has 8 heteroatoms. The number of anilines is 2. The quantitative estimate of drug-likeness (QED) is 0.769. The summed E-state index contributed by atoms with van der Waals surface area (Å²) in [7, 11) is -2.16. The lowest BCUT2D eigenvalue weighted by molar-refractivity contribution is -0.111. The summed E-state index contributed by atoms with van der Waals surface area (Å²) in [6, 6.07) is 11.3. The van der Waals surface area contributed by atoms with Crippen molar-refractivity contribution < 1.29 is 18.0 Å². The molecule has 0 saturated carbocycles. The first-order valence-corrected chi connectivity index (χ1v) is 9.76. The van der Waals surface area contributed by atoms with Gasteiger partial charge in [0, 0.05) is 23.5 Å². The molecule has 0 saturated heterocycles. The average Bonchev–Trinajstić information content (AvgIpc) is 3.11. The van der Waals surface area contributed by atoms with Crippen molar-refractivity contribution >= 4 is 33.2 Å². The molecule has 140 valence electrons. The van der Waals surface area contributed by atoms with Gasteiger partial charge < -0.3 is 10.2 Å². The standard InChI is InChI=1S/C19H19N3O4S/c1-3-18(23)21-15-6-4-13(5-7-15)19(24)22-11-10-14-12-16(8-9-17(14)22)27(25,26)20-2/h3-9,12,20H,1,10-11H2,2H3,(H,21,23). The van der Waals surface area contributed by atoms with Crippen molar-refractivity contribution in [2.75, 3.05) is 23.8 Å². The van der Waals surface area contributed by atoms with Crippen molar-refractivity contribution in [1.82, 2.24) is 4.72 Å². The first-order valence-electron chi connectivity index (χ1n) is 8.27. The molecule has 0 bridgehead atoms. The summed E-state index contributed by atoms with van der Waals surface area (Å²) in [5, 5.41) is 2.62. The van der Waals surface area contributed by atoms with E-state index in [1.54, 1.807) is 41.3 Å². The van der Waals surface area contributed by atoms with Gasteiger partial charge in [0.2, 0.25) is 15.9 Å². The van der Waals surface area contributed by atoms with Crippen LogP contribution in [0.5, 0.6) is 0 Å². The van der Waals surface area contributed by atoms with E-state index in [1.165, 1.54) is 19.2 Å². The van der Waals surface area contributed by atoms with Crippen molar-refractivity contribution in [3.8, 4) is 0 Å². The van der Waals surface area contributed by atoms with Crippen molar-refractivity contribution in [1.29, 1.82) is 0 Å². The van der Waals surface area contributed by atoms with Crippen LogP contribution in [0.1, 0.15) is 15.9 Å². The lowest BCUT2D eigenvalue weighted by Gasteiger charge is -2.18. The van der Waals surface area contributed by atoms with Crippen LogP contribution in [0.4, 0.5) is 11.4 Å². The van der Waals surface area contributed by atoms with E-state index in [0.29, 0.717) is 29.9 Å². The second-order valence-corrected chi connectivity index (χ2v) is 7.86. The number of hydrogen-bond donors (Lipinski definition) is 2. The Morgan fingerprint density at radius 3 is 2.48 bits per heavy atom. The van der Waals surface area contributed by atoms with Crippen molar-refractivity contribution in [2.45, 2.75) is 11.3 Å². The topological polar surface area (TPSA) is 95.6 Å². The third-order valence-electron chi connectivity index (χ3n) is 4.36. The van der Waals surface area contributed by atoms with Gasteiger partial charge in [-0.25, -0.2) is 13.1 Å². The van der Waals surface area contributed by atoms with Gasteiger partial charge in [-0.1, -0.05) is 6.58 Å². The highest BCUT2D eigenvalue weighted by Gasteiger charge is 2.27. The van der Waals surface area contributed by atoms with Gasteiger partial charge in [-0.3, -0.25) is 9.59 Å². The maximum absolute atomic E-state index is 12.8. The molecule has 0 unspecified atom stereocenters. The molecule has 27 heavy (non-hydrogen) atoms. The van der Waals surface area contributed by atoms with E-state index in [9.17, 15) is 18.0 Å². The zero-order chi connectivity index (χ0) is 19.6. The number of carbonyl (C=O) groups excluding carboxylic acids is 2. The first-order chi connectivity index (χ1) is 12.9. The minimum Gasteiger partial charge on any atom is -0.323 e. The Hall–Kier alpha value is -2.97. The fraction of sp³-hybridized carbons (Fsp3) is 0.158. The lowest BCUT2D eigenvalue weighted by Crippen LogP contribution is -2.28. The number of nitrogens with one attached hydrogen (secondary N) is 2. The summed E-state index contributed by atoms with van der Waals surface area (Å²) in [5.41, 5.74) is 2.57. The van der Waals surface area contributed by atoms with E-state index < -0.39 is 10.0 Å². The van der Waals surface area contributed by atoms with E-state index in [2.05, 4.69) is 16.6 Å². The average molecular weight is 385 g/mol. The molecule has 2 amide bonds. The van der Waals surface area contributed by atoms with Crippen LogP contribution in [0.3, 0.4) is 0 Å². The Morgan fingerprint density at radius 2 is 1.85 bits per heavy atom. The smallest absolute Gasteiger partial charge is 0.258 e. The molecular formula is C19H19N3O4S. The van der Waals surface area contributed by atoms with Gasteiger partial charge in [0.05, 0.1) is 4.90 Å². The number of hydrogen-bond acceptors (Lipinski definition) is 4. The Kier molecular flexibility index (Phi) is 5.11. The molecule has 1 aliphatic rings. The van der Waals surface area contributed by atoms with E-state index in [1.807, 2.05) is 0 Å². The minimum atomic E-state index is -3.52. The molecule has 0 aliphatic carbocycles. The van der Waals surface area contributed by atoms with Gasteiger partial charge in [-0.05, 0) is 67.6 Å². The molecule has 2 aromatic carbocycles. The largest absolute Gasteiger partial charge is 0.323 e. The van der Waals surface area contributed by atoms with Crippen LogP contribution >= 0.6 is 0 Å². The highest BCUT2D eigenvalue weighted by molar-refractivity contribution is 7.89. The number of benzene rings is 2. The Bertz CT molecular complexity index is 1010. The summed E-state index contributed by atoms with van der Waals surface area (Å²) >= 11 is 0. The molecule has 3 rings (SSSR count). The molecule has 2 aromatic rings. The highest BCUT2D eigenvalue weighted by Crippen LogP contribution is 2.31. The molecule has 1 aliphatic heterocycles. The maximum atomic E-state index is 12.8. The van der Waals surface area contributed by atoms with Crippen molar-refractivity contribution in [3.63, 3.8) is 0 Å². The third kappa shape index (κ3) is 3.76. The van der Waals surface area contributed by atoms with Crippen LogP contribution in [0.25, 0.3) is 0 Å². The van der Waals surface area contributed by atoms with Crippen LogP contribution in [0, 0.1) is 0 Å². The summed E-state index contributed by atoms with van der Waals surface area (Å²) in [5.74, 6) is -0.505. The summed E-state index contributed by atoms with van der Waals surface area (Å²) in [4.78, 5) is 26.0. The van der Waals surface area contributed by atoms with E-state index in [4.69, 9.17) is 0 Å². The molecule has 7 nitrogen and oxygen atoms in total. The van der Waals surface area contributed by atoms with Gasteiger partial charge in [0.15, 0.2) is 0 Å². The molecule has 0 fully saturated rings. The summed E-state index contributed by atoms with van der Waals surface area (Å²) in [6.45, 7) is 3.87. The fourth-order valence-corrected chi connectivity index (χ4v) is 3.70. The van der Waals surface area contributed by atoms with Gasteiger partial charge in [0.25, 0.3) is 5.91 Å². The van der Waals surface area contributed by atoms with Crippen LogP contribution in [-0.2, 0) is 21.2 Å². The molecule has 0 atom stereocenters. The molecule has 0 spiro atoms. The second kappa shape index (κ2) is 7.34. The Balaban J connectivity index is 1.82. The van der Waals surface area contributed by atoms with Crippen LogP contribution in [0.15, 0.2) is 60.0 Å². The van der Waals surface area contributed by atoms with Crippen molar-refractivity contribution in [2.24, 2.45) is 0 Å². The number of carbonyl (C=O) groups is 2. The Morgan fingerprint density at radius 1 is 1.15 bits per heavy atom. The predicted octanol–water partition coefficient (Wildman–Crippen LogP) is 1.92. The number of fused-ring (bicyclic) bond motifs is 1. The third-order valence-corrected chi connectivity index (χ3v) is 5.77. The zero-order valence-electron chi connectivity index (χ0n) is 14.7. The molecular weight excluding hydrogens is 366 g/mol. The number of sulfonamides is 1. The number of rotatable bonds is 5. The SMILES string of the molecule is C=CC(=O)Nc1ccc(C(=O)N2CCc3cc(S(=O)(=O)NC)ccc32)cc1. The molecule has 0 aromatic heterocycles. The van der Waals surface area contributed by atoms with E-state index in [-0.39, 0.29) is 16.7 Å². The molecule has 0 radical (unpaired) electrons. The van der Waals surface area contributed by atoms with Gasteiger partial charge in [-0.15, -0.1) is 0 Å². The fourth-order valence-electron chi connectivity index (χ4n) is 2.92. The predicted molar refractivity (Wildman–Crippen MR) is 103 cm³/mol. The summed E-state index contributed by atoms with van der Waals surface area (Å²) < 4.78 is 26.2. The minimum absolute atomic E-state index is 0.181. The van der Waals surface area contributed by atoms with Gasteiger partial charge in [0.1, 0.15) is 0 Å². The van der Waals surface area contributed by atoms with Gasteiger partial charge >= 0.3 is 0 Å². The highest BCUT2D eigenvalue weighted by atomic mass is 32.2. The Labute approximate surface area is 157 Å². The van der Waals surface area contributed by atoms with E-state index in [0.717, 1.165) is 5.56 Å². The monoisotopic (exact) mass is 385 g/mol. The first kappa shape index (κ1) is 18.8. The zero-order valence-corrected chi connectivity index (χ0v) is 15.5. The normalized spacial score (nSPS) is 13.1. The van der Waals surface area contributed by atoms with Crippen LogP contribution in [-0.4, -0.2) is 33.8 Å². The molecule has 2 N–H and O–H groups in total. The van der Waals surface area contributed by atoms with E-state index >= 15 is 0 Å². The van der Waals surface area contributed by atoms with Gasteiger partial charge in [-0.2, -0.15) is 0 Å². The number of amides is 2. The number of nitrogens with zero attached hydrogens (tertiary/aromatic N) is 1. The molecule has 1 heterocycles. The summed E-state index contributed by atoms with van der Waals surface area (Å²) in [6.07, 6.45) is 1.75. The van der Waals surface area contributed by atoms with Crippen LogP contribution in [0.2, 0.25) is 0 Å². The van der Waals surface area contributed by atoms with Crippen molar-refractivity contribution in [3.05, 3.63) is 66.2 Å².